The third-order valence-corrected chi connectivity index (χ3v) is 6.56. The molecule has 1 saturated heterocycles. The molecule has 4 atom stereocenters. The molecule has 0 spiro atoms. The normalized spacial score (nSPS) is 31.6. The largest absolute Gasteiger partial charge is 0.274 e. The Morgan fingerprint density at radius 1 is 0.720 bits per heavy atom. The minimum atomic E-state index is -0.266. The summed E-state index contributed by atoms with van der Waals surface area (Å²) in [6.45, 7) is 0. The first kappa shape index (κ1) is 13.6. The van der Waals surface area contributed by atoms with Crippen LogP contribution in [0.25, 0.3) is 11.1 Å². The highest BCUT2D eigenvalue weighted by molar-refractivity contribution is 6.07. The number of fused-ring (bicyclic) bond motifs is 8. The Kier molecular flexibility index (Phi) is 2.44. The summed E-state index contributed by atoms with van der Waals surface area (Å²) in [7, 11) is 0. The molecule has 0 aromatic heterocycles. The van der Waals surface area contributed by atoms with Gasteiger partial charge in [-0.25, -0.2) is 0 Å². The van der Waals surface area contributed by atoms with Crippen molar-refractivity contribution in [2.24, 2.45) is 23.7 Å². The Hall–Kier alpha value is -2.68. The highest BCUT2D eigenvalue weighted by atomic mass is 16.2. The van der Waals surface area contributed by atoms with Crippen molar-refractivity contribution in [2.75, 3.05) is 0 Å². The van der Waals surface area contributed by atoms with Crippen LogP contribution in [0.5, 0.6) is 0 Å². The molecule has 2 bridgehead atoms. The second-order valence-electron chi connectivity index (χ2n) is 7.62. The van der Waals surface area contributed by atoms with Gasteiger partial charge in [-0.3, -0.25) is 14.5 Å². The van der Waals surface area contributed by atoms with E-state index in [0.29, 0.717) is 0 Å². The second-order valence-corrected chi connectivity index (χ2v) is 7.62. The average molecular weight is 327 g/mol. The molecule has 0 radical (unpaired) electrons. The third kappa shape index (κ3) is 1.52. The molecule has 1 heterocycles. The van der Waals surface area contributed by atoms with Crippen molar-refractivity contribution in [3.05, 3.63) is 71.8 Å². The molecular weight excluding hydrogens is 310 g/mol. The molecule has 1 saturated carbocycles. The predicted molar refractivity (Wildman–Crippen MR) is 93.3 cm³/mol. The van der Waals surface area contributed by atoms with Crippen LogP contribution >= 0.6 is 0 Å². The van der Waals surface area contributed by atoms with Gasteiger partial charge >= 0.3 is 0 Å². The summed E-state index contributed by atoms with van der Waals surface area (Å²) in [4.78, 5) is 28.1. The highest BCUT2D eigenvalue weighted by Crippen LogP contribution is 2.56. The van der Waals surface area contributed by atoms with Crippen molar-refractivity contribution in [3.63, 3.8) is 0 Å². The van der Waals surface area contributed by atoms with E-state index in [2.05, 4.69) is 36.4 Å². The Labute approximate surface area is 146 Å². The summed E-state index contributed by atoms with van der Waals surface area (Å²) >= 11 is 0. The smallest absolute Gasteiger partial charge is 0.234 e. The van der Waals surface area contributed by atoms with Crippen LogP contribution in [0.2, 0.25) is 0 Å². The van der Waals surface area contributed by atoms with E-state index in [1.807, 2.05) is 24.3 Å². The Balaban J connectivity index is 1.52. The van der Waals surface area contributed by atoms with Crippen molar-refractivity contribution in [3.8, 4) is 11.1 Å². The summed E-state index contributed by atoms with van der Waals surface area (Å²) in [5.74, 6) is 0.295. The van der Waals surface area contributed by atoms with E-state index < -0.39 is 0 Å². The zero-order valence-corrected chi connectivity index (χ0v) is 13.6. The van der Waals surface area contributed by atoms with Crippen LogP contribution in [0.4, 0.5) is 0 Å². The highest BCUT2D eigenvalue weighted by Gasteiger charge is 2.61. The number of likely N-dealkylation sites (tertiary alicyclic amines) is 1. The molecule has 3 aliphatic carbocycles. The molecule has 2 aromatic carbocycles. The Morgan fingerprint density at radius 2 is 1.20 bits per heavy atom. The number of carbonyl (C=O) groups is 2. The second kappa shape index (κ2) is 4.48. The maximum Gasteiger partial charge on any atom is 0.234 e. The molecule has 4 aliphatic rings. The Morgan fingerprint density at radius 3 is 1.72 bits per heavy atom. The quantitative estimate of drug-likeness (QED) is 0.593. The standard InChI is InChI=1S/C22H17NO2/c24-21-18-12-9-10-13(11-12)19(18)22(25)23(21)20-16-7-3-1-5-14(16)15-6-2-4-8-17(15)20/h1-10,12-13,18-20H,11H2. The third-order valence-electron chi connectivity index (χ3n) is 6.56. The van der Waals surface area contributed by atoms with Crippen LogP contribution in [0.15, 0.2) is 60.7 Å². The number of nitrogens with zero attached hydrogens (tertiary/aromatic N) is 1. The lowest BCUT2D eigenvalue weighted by molar-refractivity contribution is -0.142. The van der Waals surface area contributed by atoms with Gasteiger partial charge < -0.3 is 0 Å². The van der Waals surface area contributed by atoms with Crippen LogP contribution < -0.4 is 0 Å². The summed E-state index contributed by atoms with van der Waals surface area (Å²) in [6.07, 6.45) is 5.27. The Bertz CT molecular complexity index is 900. The molecule has 3 nitrogen and oxygen atoms in total. The van der Waals surface area contributed by atoms with Gasteiger partial charge in [-0.2, -0.15) is 0 Å². The maximum absolute atomic E-state index is 13.3. The lowest BCUT2D eigenvalue weighted by Gasteiger charge is -2.26. The number of rotatable bonds is 1. The van der Waals surface area contributed by atoms with Gasteiger partial charge in [0.05, 0.1) is 17.9 Å². The van der Waals surface area contributed by atoms with Gasteiger partial charge in [-0.1, -0.05) is 60.7 Å². The zero-order valence-electron chi connectivity index (χ0n) is 13.6. The van der Waals surface area contributed by atoms with Gasteiger partial charge in [0.2, 0.25) is 11.8 Å². The van der Waals surface area contributed by atoms with Crippen molar-refractivity contribution in [1.82, 2.24) is 4.90 Å². The number of carbonyl (C=O) groups excluding carboxylic acids is 2. The number of amides is 2. The van der Waals surface area contributed by atoms with Gasteiger partial charge in [0, 0.05) is 0 Å². The molecule has 0 N–H and O–H groups in total. The van der Waals surface area contributed by atoms with Gasteiger partial charge in [0.15, 0.2) is 0 Å². The molecule has 2 aromatic rings. The summed E-state index contributed by atoms with van der Waals surface area (Å²) < 4.78 is 0. The van der Waals surface area contributed by atoms with Crippen molar-refractivity contribution >= 4 is 11.8 Å². The maximum atomic E-state index is 13.3. The van der Waals surface area contributed by atoms with Crippen LogP contribution in [0.3, 0.4) is 0 Å². The molecule has 122 valence electrons. The van der Waals surface area contributed by atoms with E-state index in [1.165, 1.54) is 0 Å². The first-order valence-electron chi connectivity index (χ1n) is 8.99. The first-order chi connectivity index (χ1) is 12.3. The summed E-state index contributed by atoms with van der Waals surface area (Å²) in [5, 5.41) is 0. The SMILES string of the molecule is O=C1C2C3C=CC(C3)C2C(=O)N1C1c2ccccc2-c2ccccc21. The van der Waals surface area contributed by atoms with Gasteiger partial charge in [-0.15, -0.1) is 0 Å². The number of allylic oxidation sites excluding steroid dienone is 2. The van der Waals surface area contributed by atoms with Gasteiger partial charge in [0.1, 0.15) is 0 Å². The molecular formula is C22H17NO2. The van der Waals surface area contributed by atoms with Crippen LogP contribution in [0.1, 0.15) is 23.6 Å². The van der Waals surface area contributed by atoms with E-state index in [4.69, 9.17) is 0 Å². The van der Waals surface area contributed by atoms with Crippen molar-refractivity contribution in [2.45, 2.75) is 12.5 Å². The molecule has 25 heavy (non-hydrogen) atoms. The summed E-state index contributed by atoms with van der Waals surface area (Å²) in [5.41, 5.74) is 4.43. The minimum absolute atomic E-state index is 0.0309. The zero-order chi connectivity index (χ0) is 16.7. The van der Waals surface area contributed by atoms with Crippen LogP contribution in [-0.2, 0) is 9.59 Å². The minimum Gasteiger partial charge on any atom is -0.274 e. The first-order valence-corrected chi connectivity index (χ1v) is 8.99. The van der Waals surface area contributed by atoms with Crippen molar-refractivity contribution < 1.29 is 9.59 Å². The fourth-order valence-electron chi connectivity index (χ4n) is 5.59. The lowest BCUT2D eigenvalue weighted by Crippen LogP contribution is -2.36. The molecule has 6 rings (SSSR count). The van der Waals surface area contributed by atoms with Gasteiger partial charge in [-0.05, 0) is 40.5 Å². The molecule has 4 unspecified atom stereocenters. The number of hydrogen-bond acceptors (Lipinski definition) is 2. The fraction of sp³-hybridized carbons (Fsp3) is 0.273. The molecule has 1 aliphatic heterocycles. The van der Waals surface area contributed by atoms with E-state index in [1.54, 1.807) is 4.90 Å². The van der Waals surface area contributed by atoms with E-state index in [-0.39, 0.29) is 41.5 Å². The number of benzene rings is 2. The predicted octanol–water partition coefficient (Wildman–Crippen LogP) is 3.56. The molecule has 2 amide bonds. The average Bonchev–Trinajstić information content (AvgIpc) is 3.38. The van der Waals surface area contributed by atoms with Crippen molar-refractivity contribution in [1.29, 1.82) is 0 Å². The van der Waals surface area contributed by atoms with E-state index in [9.17, 15) is 9.59 Å². The topological polar surface area (TPSA) is 37.4 Å². The van der Waals surface area contributed by atoms with Crippen LogP contribution in [-0.4, -0.2) is 16.7 Å². The van der Waals surface area contributed by atoms with E-state index in [0.717, 1.165) is 28.7 Å². The number of imide groups is 1. The molecule has 2 fully saturated rings. The van der Waals surface area contributed by atoms with Crippen LogP contribution in [0, 0.1) is 23.7 Å². The summed E-state index contributed by atoms with van der Waals surface area (Å²) in [6, 6.07) is 16.1. The lowest BCUT2D eigenvalue weighted by atomic mass is 9.85. The monoisotopic (exact) mass is 327 g/mol. The fourth-order valence-corrected chi connectivity index (χ4v) is 5.59. The van der Waals surface area contributed by atoms with E-state index >= 15 is 0 Å². The molecule has 3 heteroatoms. The van der Waals surface area contributed by atoms with Gasteiger partial charge in [0.25, 0.3) is 0 Å². The number of hydrogen-bond donors (Lipinski definition) is 0.